The first-order chi connectivity index (χ1) is 10.9. The number of para-hydroxylation sites is 1. The molecule has 2 N–H and O–H groups in total. The number of carbonyl (C=O) groups excluding carboxylic acids is 1. The van der Waals surface area contributed by atoms with E-state index in [1.807, 2.05) is 45.0 Å². The summed E-state index contributed by atoms with van der Waals surface area (Å²) in [5, 5.41) is 5.99. The fraction of sp³-hybridized carbons (Fsp3) is 0.353. The highest BCUT2D eigenvalue weighted by molar-refractivity contribution is 5.94. The van der Waals surface area contributed by atoms with Crippen LogP contribution in [0.2, 0.25) is 0 Å². The number of methoxy groups -OCH3 is 1. The van der Waals surface area contributed by atoms with E-state index in [9.17, 15) is 4.79 Å². The highest BCUT2D eigenvalue weighted by atomic mass is 16.5. The average molecular weight is 314 g/mol. The summed E-state index contributed by atoms with van der Waals surface area (Å²) in [6, 6.07) is 7.73. The summed E-state index contributed by atoms with van der Waals surface area (Å²) >= 11 is 0. The van der Waals surface area contributed by atoms with E-state index in [1.165, 1.54) is 12.4 Å². The van der Waals surface area contributed by atoms with Crippen molar-refractivity contribution in [2.45, 2.75) is 32.9 Å². The highest BCUT2D eigenvalue weighted by Crippen LogP contribution is 2.18. The molecule has 0 saturated carbocycles. The SMILES string of the molecule is COc1ccccc1CNc1ncc(C(=O)NC(C)(C)C)cn1. The maximum atomic E-state index is 12.0. The number of hydrogen-bond acceptors (Lipinski definition) is 5. The van der Waals surface area contributed by atoms with E-state index in [1.54, 1.807) is 7.11 Å². The minimum atomic E-state index is -0.294. The Morgan fingerprint density at radius 1 is 1.17 bits per heavy atom. The van der Waals surface area contributed by atoms with Gasteiger partial charge in [-0.25, -0.2) is 9.97 Å². The average Bonchev–Trinajstić information content (AvgIpc) is 2.52. The predicted octanol–water partition coefficient (Wildman–Crippen LogP) is 2.63. The number of nitrogens with zero attached hydrogens (tertiary/aromatic N) is 2. The van der Waals surface area contributed by atoms with Crippen LogP contribution in [0.25, 0.3) is 0 Å². The summed E-state index contributed by atoms with van der Waals surface area (Å²) in [6.45, 7) is 6.32. The molecular formula is C17H22N4O2. The van der Waals surface area contributed by atoms with Gasteiger partial charge >= 0.3 is 0 Å². The zero-order valence-corrected chi connectivity index (χ0v) is 13.9. The molecule has 2 aromatic rings. The van der Waals surface area contributed by atoms with Crippen LogP contribution in [-0.4, -0.2) is 28.5 Å². The smallest absolute Gasteiger partial charge is 0.254 e. The maximum absolute atomic E-state index is 12.0. The van der Waals surface area contributed by atoms with E-state index < -0.39 is 0 Å². The Labute approximate surface area is 136 Å². The number of aromatic nitrogens is 2. The maximum Gasteiger partial charge on any atom is 0.254 e. The Balaban J connectivity index is 1.99. The Hall–Kier alpha value is -2.63. The number of carbonyl (C=O) groups is 1. The fourth-order valence-electron chi connectivity index (χ4n) is 1.97. The third kappa shape index (κ3) is 4.95. The van der Waals surface area contributed by atoms with E-state index >= 15 is 0 Å². The van der Waals surface area contributed by atoms with Crippen molar-refractivity contribution in [3.8, 4) is 5.75 Å². The first kappa shape index (κ1) is 16.7. The molecule has 1 heterocycles. The molecule has 122 valence electrons. The second-order valence-corrected chi connectivity index (χ2v) is 6.16. The molecule has 1 aromatic carbocycles. The molecule has 0 aliphatic carbocycles. The third-order valence-corrected chi connectivity index (χ3v) is 3.03. The molecule has 0 spiro atoms. The van der Waals surface area contributed by atoms with Crippen LogP contribution >= 0.6 is 0 Å². The molecule has 0 atom stereocenters. The van der Waals surface area contributed by atoms with Gasteiger partial charge in [-0.1, -0.05) is 18.2 Å². The minimum absolute atomic E-state index is 0.186. The molecule has 6 heteroatoms. The van der Waals surface area contributed by atoms with E-state index in [4.69, 9.17) is 4.74 Å². The lowest BCUT2D eigenvalue weighted by molar-refractivity contribution is 0.0919. The van der Waals surface area contributed by atoms with Gasteiger partial charge in [0.1, 0.15) is 5.75 Å². The molecule has 1 aromatic heterocycles. The fourth-order valence-corrected chi connectivity index (χ4v) is 1.97. The monoisotopic (exact) mass is 314 g/mol. The minimum Gasteiger partial charge on any atom is -0.496 e. The van der Waals surface area contributed by atoms with Gasteiger partial charge in [-0.2, -0.15) is 0 Å². The van der Waals surface area contributed by atoms with Gasteiger partial charge in [0.15, 0.2) is 0 Å². The molecule has 1 amide bonds. The normalized spacial score (nSPS) is 11.0. The van der Waals surface area contributed by atoms with Crippen molar-refractivity contribution in [2.24, 2.45) is 0 Å². The van der Waals surface area contributed by atoms with Crippen LogP contribution in [0, 0.1) is 0 Å². The summed E-state index contributed by atoms with van der Waals surface area (Å²) < 4.78 is 5.30. The number of anilines is 1. The van der Waals surface area contributed by atoms with E-state index in [0.29, 0.717) is 18.1 Å². The lowest BCUT2D eigenvalue weighted by atomic mass is 10.1. The van der Waals surface area contributed by atoms with Gasteiger partial charge in [-0.3, -0.25) is 4.79 Å². The Morgan fingerprint density at radius 2 is 1.83 bits per heavy atom. The summed E-state index contributed by atoms with van der Waals surface area (Å²) in [7, 11) is 1.64. The number of rotatable bonds is 5. The van der Waals surface area contributed by atoms with Crippen molar-refractivity contribution in [1.82, 2.24) is 15.3 Å². The first-order valence-electron chi connectivity index (χ1n) is 7.39. The molecule has 2 rings (SSSR count). The highest BCUT2D eigenvalue weighted by Gasteiger charge is 2.15. The second-order valence-electron chi connectivity index (χ2n) is 6.16. The summed E-state index contributed by atoms with van der Waals surface area (Å²) in [5.41, 5.74) is 1.15. The summed E-state index contributed by atoms with van der Waals surface area (Å²) in [5.74, 6) is 1.08. The van der Waals surface area contributed by atoms with Crippen molar-refractivity contribution in [2.75, 3.05) is 12.4 Å². The first-order valence-corrected chi connectivity index (χ1v) is 7.39. The predicted molar refractivity (Wildman–Crippen MR) is 89.6 cm³/mol. The molecule has 0 fully saturated rings. The topological polar surface area (TPSA) is 76.1 Å². The van der Waals surface area contributed by atoms with Crippen LogP contribution < -0.4 is 15.4 Å². The van der Waals surface area contributed by atoms with Crippen LogP contribution in [-0.2, 0) is 6.54 Å². The van der Waals surface area contributed by atoms with Crippen LogP contribution in [0.15, 0.2) is 36.7 Å². The van der Waals surface area contributed by atoms with Crippen LogP contribution in [0.3, 0.4) is 0 Å². The van der Waals surface area contributed by atoms with Crippen molar-refractivity contribution in [3.63, 3.8) is 0 Å². The number of nitrogens with one attached hydrogen (secondary N) is 2. The zero-order valence-electron chi connectivity index (χ0n) is 13.9. The molecular weight excluding hydrogens is 292 g/mol. The number of benzene rings is 1. The molecule has 0 aliphatic rings. The van der Waals surface area contributed by atoms with Crippen molar-refractivity contribution >= 4 is 11.9 Å². The van der Waals surface area contributed by atoms with Crippen LogP contribution in [0.4, 0.5) is 5.95 Å². The largest absolute Gasteiger partial charge is 0.496 e. The van der Waals surface area contributed by atoms with Crippen LogP contribution in [0.1, 0.15) is 36.7 Å². The third-order valence-electron chi connectivity index (χ3n) is 3.03. The van der Waals surface area contributed by atoms with Gasteiger partial charge in [0, 0.05) is 30.0 Å². The lowest BCUT2D eigenvalue weighted by Gasteiger charge is -2.20. The Bertz CT molecular complexity index is 663. The standard InChI is InChI=1S/C17H22N4O2/c1-17(2,3)21-15(22)13-10-19-16(20-11-13)18-9-12-7-5-6-8-14(12)23-4/h5-8,10-11H,9H2,1-4H3,(H,21,22)(H,18,19,20). The summed E-state index contributed by atoms with van der Waals surface area (Å²) in [4.78, 5) is 20.4. The van der Waals surface area contributed by atoms with Gasteiger partial charge in [0.05, 0.1) is 12.7 Å². The zero-order chi connectivity index (χ0) is 16.9. The Kier molecular flexibility index (Phi) is 5.16. The van der Waals surface area contributed by atoms with Crippen molar-refractivity contribution < 1.29 is 9.53 Å². The van der Waals surface area contributed by atoms with Gasteiger partial charge in [-0.05, 0) is 26.8 Å². The van der Waals surface area contributed by atoms with Crippen LogP contribution in [0.5, 0.6) is 5.75 Å². The van der Waals surface area contributed by atoms with E-state index in [-0.39, 0.29) is 11.4 Å². The van der Waals surface area contributed by atoms with E-state index in [2.05, 4.69) is 20.6 Å². The molecule has 6 nitrogen and oxygen atoms in total. The number of hydrogen-bond donors (Lipinski definition) is 2. The molecule has 0 unspecified atom stereocenters. The molecule has 0 radical (unpaired) electrons. The Morgan fingerprint density at radius 3 is 2.43 bits per heavy atom. The molecule has 23 heavy (non-hydrogen) atoms. The van der Waals surface area contributed by atoms with Gasteiger partial charge in [0.2, 0.25) is 5.95 Å². The molecule has 0 saturated heterocycles. The number of amides is 1. The number of ether oxygens (including phenoxy) is 1. The van der Waals surface area contributed by atoms with Crippen molar-refractivity contribution in [3.05, 3.63) is 47.8 Å². The van der Waals surface area contributed by atoms with E-state index in [0.717, 1.165) is 11.3 Å². The lowest BCUT2D eigenvalue weighted by Crippen LogP contribution is -2.40. The molecule has 0 aliphatic heterocycles. The van der Waals surface area contributed by atoms with Gasteiger partial charge in [0.25, 0.3) is 5.91 Å². The summed E-state index contributed by atoms with van der Waals surface area (Å²) in [6.07, 6.45) is 3.03. The van der Waals surface area contributed by atoms with Gasteiger partial charge in [-0.15, -0.1) is 0 Å². The molecule has 0 bridgehead atoms. The van der Waals surface area contributed by atoms with Crippen molar-refractivity contribution in [1.29, 1.82) is 0 Å². The van der Waals surface area contributed by atoms with Gasteiger partial charge < -0.3 is 15.4 Å². The quantitative estimate of drug-likeness (QED) is 0.887. The second kappa shape index (κ2) is 7.09.